The highest BCUT2D eigenvalue weighted by Crippen LogP contribution is 2.21. The maximum absolute atomic E-state index is 11.0. The topological polar surface area (TPSA) is 46.5 Å². The second-order valence-corrected chi connectivity index (χ2v) is 3.82. The van der Waals surface area contributed by atoms with E-state index in [4.69, 9.17) is 4.74 Å². The van der Waals surface area contributed by atoms with Crippen molar-refractivity contribution in [1.29, 1.82) is 0 Å². The largest absolute Gasteiger partial charge is 0.466 e. The van der Waals surface area contributed by atoms with Gasteiger partial charge in [0.05, 0.1) is 12.2 Å². The molecule has 0 spiro atoms. The zero-order valence-corrected chi connectivity index (χ0v) is 8.96. The molecule has 0 aromatic carbocycles. The van der Waals surface area contributed by atoms with Crippen molar-refractivity contribution in [3.63, 3.8) is 0 Å². The van der Waals surface area contributed by atoms with Crippen LogP contribution >= 0.6 is 0 Å². The fraction of sp³-hybridized carbons (Fsp3) is 0.900. The smallest absolute Gasteiger partial charge is 0.305 e. The zero-order valence-electron chi connectivity index (χ0n) is 8.96. The molecule has 0 aliphatic carbocycles. The molecule has 0 aromatic rings. The third kappa shape index (κ3) is 4.88. The van der Waals surface area contributed by atoms with Crippen LogP contribution in [-0.4, -0.2) is 23.3 Å². The second-order valence-electron chi connectivity index (χ2n) is 3.82. The van der Waals surface area contributed by atoms with Crippen LogP contribution in [0, 0.1) is 5.92 Å². The summed E-state index contributed by atoms with van der Waals surface area (Å²) in [6, 6.07) is 0. The Hall–Kier alpha value is -0.570. The summed E-state index contributed by atoms with van der Waals surface area (Å²) < 4.78 is 4.77. The van der Waals surface area contributed by atoms with Gasteiger partial charge in [0.1, 0.15) is 0 Å². The molecule has 1 unspecified atom stereocenters. The summed E-state index contributed by atoms with van der Waals surface area (Å²) in [4.78, 5) is 11.0. The highest BCUT2D eigenvalue weighted by Gasteiger charge is 2.25. The molecule has 78 valence electrons. The van der Waals surface area contributed by atoms with Crippen molar-refractivity contribution in [2.45, 2.75) is 46.1 Å². The van der Waals surface area contributed by atoms with Crippen LogP contribution in [0.4, 0.5) is 0 Å². The molecular weight excluding hydrogens is 168 g/mol. The van der Waals surface area contributed by atoms with Crippen LogP contribution in [0.15, 0.2) is 0 Å². The summed E-state index contributed by atoms with van der Waals surface area (Å²) in [6.07, 6.45) is 0.752. The fourth-order valence-corrected chi connectivity index (χ4v) is 0.877. The lowest BCUT2D eigenvalue weighted by atomic mass is 9.88. The van der Waals surface area contributed by atoms with Gasteiger partial charge in [-0.3, -0.25) is 4.79 Å². The third-order valence-corrected chi connectivity index (χ3v) is 2.38. The predicted molar refractivity (Wildman–Crippen MR) is 51.3 cm³/mol. The minimum atomic E-state index is -0.771. The van der Waals surface area contributed by atoms with Crippen molar-refractivity contribution in [2.24, 2.45) is 5.92 Å². The van der Waals surface area contributed by atoms with Crippen LogP contribution in [0.5, 0.6) is 0 Å². The Bertz CT molecular complexity index is 162. The maximum atomic E-state index is 11.0. The Kier molecular flexibility index (Phi) is 4.99. The van der Waals surface area contributed by atoms with Gasteiger partial charge in [0.25, 0.3) is 0 Å². The van der Waals surface area contributed by atoms with Crippen molar-refractivity contribution in [1.82, 2.24) is 0 Å². The number of carbonyl (C=O) groups excluding carboxylic acids is 1. The van der Waals surface area contributed by atoms with Gasteiger partial charge in [-0.1, -0.05) is 13.8 Å². The first-order valence-electron chi connectivity index (χ1n) is 4.78. The minimum absolute atomic E-state index is 0.155. The summed E-state index contributed by atoms with van der Waals surface area (Å²) in [5.74, 6) is -0.0784. The van der Waals surface area contributed by atoms with Crippen molar-refractivity contribution >= 4 is 5.97 Å². The van der Waals surface area contributed by atoms with E-state index in [9.17, 15) is 9.90 Å². The first-order chi connectivity index (χ1) is 5.90. The molecule has 0 bridgehead atoms. The van der Waals surface area contributed by atoms with E-state index >= 15 is 0 Å². The number of ether oxygens (including phenoxy) is 1. The van der Waals surface area contributed by atoms with E-state index in [1.807, 2.05) is 13.8 Å². The number of carbonyl (C=O) groups is 1. The summed E-state index contributed by atoms with van der Waals surface area (Å²) in [5.41, 5.74) is -0.771. The van der Waals surface area contributed by atoms with Gasteiger partial charge < -0.3 is 9.84 Å². The molecule has 0 rings (SSSR count). The average Bonchev–Trinajstić information content (AvgIpc) is 2.01. The molecule has 0 amide bonds. The van der Waals surface area contributed by atoms with Crippen molar-refractivity contribution < 1.29 is 14.6 Å². The van der Waals surface area contributed by atoms with E-state index in [1.54, 1.807) is 13.8 Å². The highest BCUT2D eigenvalue weighted by molar-refractivity contribution is 5.69. The quantitative estimate of drug-likeness (QED) is 0.668. The van der Waals surface area contributed by atoms with Gasteiger partial charge in [-0.2, -0.15) is 0 Å². The molecule has 3 heteroatoms. The van der Waals surface area contributed by atoms with Crippen molar-refractivity contribution in [2.75, 3.05) is 6.61 Å². The Morgan fingerprint density at radius 2 is 2.08 bits per heavy atom. The molecule has 0 heterocycles. The van der Waals surface area contributed by atoms with Crippen LogP contribution in [0.3, 0.4) is 0 Å². The lowest BCUT2D eigenvalue weighted by molar-refractivity contribution is -0.144. The number of hydrogen-bond acceptors (Lipinski definition) is 3. The van der Waals surface area contributed by atoms with Crippen LogP contribution in [0.25, 0.3) is 0 Å². The number of hydrogen-bond donors (Lipinski definition) is 1. The molecule has 1 N–H and O–H groups in total. The fourth-order valence-electron chi connectivity index (χ4n) is 0.877. The van der Waals surface area contributed by atoms with Crippen LogP contribution in [0.1, 0.15) is 40.5 Å². The summed E-state index contributed by atoms with van der Waals surface area (Å²) in [5, 5.41) is 9.80. The van der Waals surface area contributed by atoms with Gasteiger partial charge in [-0.05, 0) is 26.2 Å². The first-order valence-corrected chi connectivity index (χ1v) is 4.78. The molecule has 0 radical (unpaired) electrons. The van der Waals surface area contributed by atoms with E-state index in [0.717, 1.165) is 0 Å². The molecule has 13 heavy (non-hydrogen) atoms. The van der Waals surface area contributed by atoms with Gasteiger partial charge in [-0.15, -0.1) is 0 Å². The molecule has 0 aliphatic heterocycles. The van der Waals surface area contributed by atoms with Crippen LogP contribution < -0.4 is 0 Å². The number of aliphatic hydroxyl groups is 1. The Balaban J connectivity index is 3.81. The third-order valence-electron chi connectivity index (χ3n) is 2.38. The minimum Gasteiger partial charge on any atom is -0.466 e. The predicted octanol–water partition coefficient (Wildman–Crippen LogP) is 1.74. The Morgan fingerprint density at radius 1 is 1.54 bits per heavy atom. The SMILES string of the molecule is CCOC(=O)CCC(C)(O)C(C)C. The second kappa shape index (κ2) is 5.22. The molecular formula is C10H20O3. The molecule has 0 saturated heterocycles. The van der Waals surface area contributed by atoms with E-state index < -0.39 is 5.60 Å². The Labute approximate surface area is 80.1 Å². The summed E-state index contributed by atoms with van der Waals surface area (Å²) >= 11 is 0. The summed E-state index contributed by atoms with van der Waals surface area (Å²) in [7, 11) is 0. The highest BCUT2D eigenvalue weighted by atomic mass is 16.5. The van der Waals surface area contributed by atoms with E-state index in [2.05, 4.69) is 0 Å². The monoisotopic (exact) mass is 188 g/mol. The van der Waals surface area contributed by atoms with Gasteiger partial charge >= 0.3 is 5.97 Å². The van der Waals surface area contributed by atoms with Gasteiger partial charge in [0, 0.05) is 6.42 Å². The van der Waals surface area contributed by atoms with E-state index in [0.29, 0.717) is 19.4 Å². The van der Waals surface area contributed by atoms with Gasteiger partial charge in [0.15, 0.2) is 0 Å². The van der Waals surface area contributed by atoms with Crippen LogP contribution in [0.2, 0.25) is 0 Å². The van der Waals surface area contributed by atoms with Crippen molar-refractivity contribution in [3.8, 4) is 0 Å². The Morgan fingerprint density at radius 3 is 2.46 bits per heavy atom. The van der Waals surface area contributed by atoms with E-state index in [1.165, 1.54) is 0 Å². The average molecular weight is 188 g/mol. The lowest BCUT2D eigenvalue weighted by Gasteiger charge is -2.27. The van der Waals surface area contributed by atoms with E-state index in [-0.39, 0.29) is 11.9 Å². The van der Waals surface area contributed by atoms with Gasteiger partial charge in [0.2, 0.25) is 0 Å². The normalized spacial score (nSPS) is 15.5. The van der Waals surface area contributed by atoms with Crippen molar-refractivity contribution in [3.05, 3.63) is 0 Å². The number of esters is 1. The first kappa shape index (κ1) is 12.4. The maximum Gasteiger partial charge on any atom is 0.305 e. The molecule has 1 atom stereocenters. The van der Waals surface area contributed by atoms with Gasteiger partial charge in [-0.25, -0.2) is 0 Å². The molecule has 0 aliphatic rings. The molecule has 0 saturated carbocycles. The number of rotatable bonds is 5. The standard InChI is InChI=1S/C10H20O3/c1-5-13-9(11)6-7-10(4,12)8(2)3/h8,12H,5-7H2,1-4H3. The molecule has 0 fully saturated rings. The lowest BCUT2D eigenvalue weighted by Crippen LogP contribution is -2.31. The molecule has 0 aromatic heterocycles. The zero-order chi connectivity index (χ0) is 10.5. The van der Waals surface area contributed by atoms with Crippen LogP contribution in [-0.2, 0) is 9.53 Å². The molecule has 3 nitrogen and oxygen atoms in total. The summed E-state index contributed by atoms with van der Waals surface area (Å²) in [6.45, 7) is 7.80.